The van der Waals surface area contributed by atoms with Gasteiger partial charge in [-0.15, -0.1) is 0 Å². The van der Waals surface area contributed by atoms with Crippen molar-refractivity contribution in [3.8, 4) is 11.8 Å². The number of halogens is 1. The maximum absolute atomic E-state index is 4.35. The number of allylic oxidation sites excluding steroid dienone is 1. The molecule has 3 heterocycles. The van der Waals surface area contributed by atoms with Crippen LogP contribution in [-0.2, 0) is 0 Å². The Bertz CT molecular complexity index is 906. The van der Waals surface area contributed by atoms with Gasteiger partial charge in [0.25, 0.3) is 0 Å². The summed E-state index contributed by atoms with van der Waals surface area (Å²) in [6.45, 7) is 0. The van der Waals surface area contributed by atoms with E-state index in [9.17, 15) is 0 Å². The molecule has 0 fully saturated rings. The fourth-order valence-electron chi connectivity index (χ4n) is 1.77. The highest BCUT2D eigenvalue weighted by Crippen LogP contribution is 2.52. The minimum atomic E-state index is 0.868. The lowest BCUT2D eigenvalue weighted by Gasteiger charge is -1.98. The van der Waals surface area contributed by atoms with Gasteiger partial charge in [-0.3, -0.25) is 0 Å². The second-order valence-electron chi connectivity index (χ2n) is 4.09. The van der Waals surface area contributed by atoms with Gasteiger partial charge in [-0.1, -0.05) is 58.9 Å². The average Bonchev–Trinajstić information content (AvgIpc) is 3.27. The fourth-order valence-corrected chi connectivity index (χ4v) is 7.12. The van der Waals surface area contributed by atoms with E-state index in [1.165, 1.54) is 20.2 Å². The smallest absolute Gasteiger partial charge is 0.121 e. The van der Waals surface area contributed by atoms with Crippen LogP contribution in [0.15, 0.2) is 46.2 Å². The first kappa shape index (κ1) is 15.2. The molecule has 1 aromatic carbocycles. The lowest BCUT2D eigenvalue weighted by molar-refractivity contribution is 1.58. The molecule has 0 N–H and O–H groups in total. The van der Waals surface area contributed by atoms with Gasteiger partial charge in [0.2, 0.25) is 0 Å². The molecule has 1 aromatic heterocycles. The normalized spacial score (nSPS) is 17.0. The van der Waals surface area contributed by atoms with Gasteiger partial charge < -0.3 is 0 Å². The van der Waals surface area contributed by atoms with Crippen LogP contribution in [0.5, 0.6) is 0 Å². The SMILES string of the molecule is Brc1ccc(C#CC2=CSC(=C3SC=CS3)S2)c2nsnc12. The molecule has 108 valence electrons. The van der Waals surface area contributed by atoms with Crippen LogP contribution in [0.3, 0.4) is 0 Å². The number of thioether (sulfide) groups is 4. The first-order valence-electron chi connectivity index (χ1n) is 6.01. The lowest BCUT2D eigenvalue weighted by atomic mass is 10.2. The molecular weight excluding hydrogens is 436 g/mol. The molecule has 0 unspecified atom stereocenters. The molecule has 8 heteroatoms. The number of fused-ring (bicyclic) bond motifs is 1. The third kappa shape index (κ3) is 3.03. The Morgan fingerprint density at radius 3 is 2.59 bits per heavy atom. The molecule has 2 aliphatic heterocycles. The first-order valence-corrected chi connectivity index (χ1v) is 11.0. The molecule has 0 saturated carbocycles. The van der Waals surface area contributed by atoms with Crippen LogP contribution in [-0.4, -0.2) is 8.75 Å². The second kappa shape index (κ2) is 6.67. The summed E-state index contributed by atoms with van der Waals surface area (Å²) >= 11 is 11.8. The van der Waals surface area contributed by atoms with Crippen molar-refractivity contribution >= 4 is 85.7 Å². The van der Waals surface area contributed by atoms with Gasteiger partial charge in [-0.05, 0) is 44.3 Å². The largest absolute Gasteiger partial charge is 0.172 e. The second-order valence-corrected chi connectivity index (χ2v) is 9.75. The van der Waals surface area contributed by atoms with Crippen molar-refractivity contribution in [3.05, 3.63) is 51.8 Å². The topological polar surface area (TPSA) is 25.8 Å². The van der Waals surface area contributed by atoms with E-state index in [2.05, 4.69) is 52.7 Å². The van der Waals surface area contributed by atoms with Crippen molar-refractivity contribution in [2.75, 3.05) is 0 Å². The monoisotopic (exact) mass is 440 g/mol. The van der Waals surface area contributed by atoms with Gasteiger partial charge >= 0.3 is 0 Å². The van der Waals surface area contributed by atoms with Gasteiger partial charge in [0.1, 0.15) is 11.0 Å². The summed E-state index contributed by atoms with van der Waals surface area (Å²) in [7, 11) is 0. The van der Waals surface area contributed by atoms with Crippen LogP contribution in [0.1, 0.15) is 5.56 Å². The van der Waals surface area contributed by atoms with Crippen molar-refractivity contribution in [2.24, 2.45) is 0 Å². The standard InChI is InChI=1S/C14H5BrN2S5/c15-10-4-2-8(11-12(10)17-22-16-11)1-3-9-7-20-14(21-9)13-18-5-6-19-13/h2,4-7H. The minimum Gasteiger partial charge on any atom is -0.172 e. The summed E-state index contributed by atoms with van der Waals surface area (Å²) < 4.78 is 12.3. The van der Waals surface area contributed by atoms with Gasteiger partial charge in [0.05, 0.1) is 30.7 Å². The first-order chi connectivity index (χ1) is 10.8. The third-order valence-corrected chi connectivity index (χ3v) is 8.84. The number of rotatable bonds is 0. The summed E-state index contributed by atoms with van der Waals surface area (Å²) in [5, 5.41) is 6.35. The number of hydrogen-bond acceptors (Lipinski definition) is 7. The summed E-state index contributed by atoms with van der Waals surface area (Å²) in [5.41, 5.74) is 2.67. The summed E-state index contributed by atoms with van der Waals surface area (Å²) in [5.74, 6) is 6.49. The molecule has 0 spiro atoms. The van der Waals surface area contributed by atoms with Gasteiger partial charge in [0, 0.05) is 4.47 Å². The molecule has 2 aromatic rings. The minimum absolute atomic E-state index is 0.868. The van der Waals surface area contributed by atoms with Crippen molar-refractivity contribution in [1.82, 2.24) is 8.75 Å². The number of nitrogens with zero attached hydrogens (tertiary/aromatic N) is 2. The molecule has 0 radical (unpaired) electrons. The van der Waals surface area contributed by atoms with Crippen molar-refractivity contribution in [1.29, 1.82) is 0 Å². The van der Waals surface area contributed by atoms with E-state index in [4.69, 9.17) is 0 Å². The van der Waals surface area contributed by atoms with Crippen LogP contribution in [0, 0.1) is 11.8 Å². The molecule has 4 rings (SSSR count). The van der Waals surface area contributed by atoms with E-state index < -0.39 is 0 Å². The van der Waals surface area contributed by atoms with E-state index >= 15 is 0 Å². The number of hydrogen-bond donors (Lipinski definition) is 0. The quantitative estimate of drug-likeness (QED) is 0.452. The molecular formula is C14H5BrN2S5. The molecule has 0 amide bonds. The van der Waals surface area contributed by atoms with E-state index in [0.717, 1.165) is 26.0 Å². The average molecular weight is 441 g/mol. The van der Waals surface area contributed by atoms with Crippen LogP contribution >= 0.6 is 74.7 Å². The number of aromatic nitrogens is 2. The molecule has 0 aliphatic carbocycles. The zero-order valence-corrected chi connectivity index (χ0v) is 16.4. The predicted octanol–water partition coefficient (Wildman–Crippen LogP) is 6.20. The molecule has 2 aliphatic rings. The Kier molecular flexibility index (Phi) is 4.62. The Hall–Kier alpha value is -0.300. The Labute approximate surface area is 157 Å². The van der Waals surface area contributed by atoms with Crippen molar-refractivity contribution in [2.45, 2.75) is 0 Å². The molecule has 0 atom stereocenters. The van der Waals surface area contributed by atoms with Gasteiger partial charge in [-0.2, -0.15) is 8.75 Å². The summed E-state index contributed by atoms with van der Waals surface area (Å²) in [6.07, 6.45) is 0. The van der Waals surface area contributed by atoms with Crippen LogP contribution in [0.2, 0.25) is 0 Å². The summed E-state index contributed by atoms with van der Waals surface area (Å²) in [6, 6.07) is 3.96. The zero-order chi connectivity index (χ0) is 14.9. The number of benzene rings is 1. The highest BCUT2D eigenvalue weighted by atomic mass is 79.9. The molecule has 2 nitrogen and oxygen atoms in total. The van der Waals surface area contributed by atoms with E-state index in [1.54, 1.807) is 47.0 Å². The Morgan fingerprint density at radius 2 is 1.73 bits per heavy atom. The predicted molar refractivity (Wildman–Crippen MR) is 107 cm³/mol. The highest BCUT2D eigenvalue weighted by Gasteiger charge is 2.17. The maximum atomic E-state index is 4.35. The summed E-state index contributed by atoms with van der Waals surface area (Å²) in [4.78, 5) is 1.08. The lowest BCUT2D eigenvalue weighted by Crippen LogP contribution is -1.80. The van der Waals surface area contributed by atoms with Gasteiger partial charge in [-0.25, -0.2) is 0 Å². The van der Waals surface area contributed by atoms with E-state index in [0.29, 0.717) is 0 Å². The third-order valence-electron chi connectivity index (χ3n) is 2.73. The Morgan fingerprint density at radius 1 is 0.909 bits per heavy atom. The van der Waals surface area contributed by atoms with Gasteiger partial charge in [0.15, 0.2) is 0 Å². The molecule has 0 bridgehead atoms. The maximum Gasteiger partial charge on any atom is 0.121 e. The fraction of sp³-hybridized carbons (Fsp3) is 0. The zero-order valence-electron chi connectivity index (χ0n) is 10.7. The highest BCUT2D eigenvalue weighted by molar-refractivity contribution is 9.10. The molecule has 22 heavy (non-hydrogen) atoms. The molecule has 0 saturated heterocycles. The van der Waals surface area contributed by atoms with Crippen LogP contribution in [0.25, 0.3) is 11.0 Å². The van der Waals surface area contributed by atoms with Crippen LogP contribution in [0.4, 0.5) is 0 Å². The van der Waals surface area contributed by atoms with E-state index in [-0.39, 0.29) is 0 Å². The van der Waals surface area contributed by atoms with Crippen LogP contribution < -0.4 is 0 Å². The van der Waals surface area contributed by atoms with Crippen molar-refractivity contribution < 1.29 is 0 Å². The van der Waals surface area contributed by atoms with E-state index in [1.807, 2.05) is 12.1 Å². The van der Waals surface area contributed by atoms with Crippen molar-refractivity contribution in [3.63, 3.8) is 0 Å². The Balaban J connectivity index is 1.60.